The average molecular weight is 356 g/mol. The van der Waals surface area contributed by atoms with E-state index in [-0.39, 0.29) is 5.91 Å². The first-order valence-corrected chi connectivity index (χ1v) is 9.31. The van der Waals surface area contributed by atoms with Crippen LogP contribution in [-0.4, -0.2) is 50.7 Å². The number of hydrogen-bond acceptors (Lipinski definition) is 5. The maximum Gasteiger partial charge on any atom is 0.222 e. The van der Waals surface area contributed by atoms with E-state index in [4.69, 9.17) is 0 Å². The minimum atomic E-state index is 0.242. The zero-order chi connectivity index (χ0) is 18.5. The first kappa shape index (κ1) is 18.4. The number of amides is 1. The SMILES string of the molecule is CNc1nccnc1CC1CCCN(C(=O)CCc2cn(C)nc2C)C1. The molecule has 2 aromatic heterocycles. The second-order valence-corrected chi connectivity index (χ2v) is 7.07. The van der Waals surface area contributed by atoms with Crippen molar-refractivity contribution in [2.45, 2.75) is 39.0 Å². The second-order valence-electron chi connectivity index (χ2n) is 7.07. The molecule has 1 fully saturated rings. The van der Waals surface area contributed by atoms with Crippen LogP contribution in [0.4, 0.5) is 5.82 Å². The van der Waals surface area contributed by atoms with Gasteiger partial charge >= 0.3 is 0 Å². The fraction of sp³-hybridized carbons (Fsp3) is 0.579. The Hall–Kier alpha value is -2.44. The van der Waals surface area contributed by atoms with Crippen LogP contribution in [0.15, 0.2) is 18.6 Å². The van der Waals surface area contributed by atoms with Gasteiger partial charge in [0.1, 0.15) is 5.82 Å². The largest absolute Gasteiger partial charge is 0.372 e. The number of aryl methyl sites for hydroxylation is 3. The monoisotopic (exact) mass is 356 g/mol. The average Bonchev–Trinajstić information content (AvgIpc) is 2.97. The van der Waals surface area contributed by atoms with Gasteiger partial charge in [-0.25, -0.2) is 4.98 Å². The number of nitrogens with one attached hydrogen (secondary N) is 1. The molecule has 7 nitrogen and oxygen atoms in total. The normalized spacial score (nSPS) is 17.3. The van der Waals surface area contributed by atoms with E-state index in [1.54, 1.807) is 12.4 Å². The Balaban J connectivity index is 1.55. The number of piperidine rings is 1. The van der Waals surface area contributed by atoms with Crippen molar-refractivity contribution in [3.8, 4) is 0 Å². The van der Waals surface area contributed by atoms with Crippen LogP contribution in [0.2, 0.25) is 0 Å². The lowest BCUT2D eigenvalue weighted by Crippen LogP contribution is -2.40. The summed E-state index contributed by atoms with van der Waals surface area (Å²) in [5, 5.41) is 7.45. The molecule has 0 spiro atoms. The maximum atomic E-state index is 12.7. The maximum absolute atomic E-state index is 12.7. The zero-order valence-electron chi connectivity index (χ0n) is 15.9. The quantitative estimate of drug-likeness (QED) is 0.856. The van der Waals surface area contributed by atoms with E-state index >= 15 is 0 Å². The van der Waals surface area contributed by atoms with Crippen molar-refractivity contribution in [2.24, 2.45) is 13.0 Å². The van der Waals surface area contributed by atoms with Crippen molar-refractivity contribution >= 4 is 11.7 Å². The van der Waals surface area contributed by atoms with Crippen molar-refractivity contribution in [1.29, 1.82) is 0 Å². The number of carbonyl (C=O) groups is 1. The fourth-order valence-electron chi connectivity index (χ4n) is 3.75. The molecule has 1 saturated heterocycles. The molecular formula is C19H28N6O. The van der Waals surface area contributed by atoms with Crippen LogP contribution in [0.25, 0.3) is 0 Å². The molecule has 0 aliphatic carbocycles. The van der Waals surface area contributed by atoms with E-state index < -0.39 is 0 Å². The number of aromatic nitrogens is 4. The minimum absolute atomic E-state index is 0.242. The van der Waals surface area contributed by atoms with Gasteiger partial charge in [0.25, 0.3) is 0 Å². The number of nitrogens with zero attached hydrogens (tertiary/aromatic N) is 5. The van der Waals surface area contributed by atoms with E-state index in [2.05, 4.69) is 20.4 Å². The fourth-order valence-corrected chi connectivity index (χ4v) is 3.75. The smallest absolute Gasteiger partial charge is 0.222 e. The van der Waals surface area contributed by atoms with Crippen LogP contribution >= 0.6 is 0 Å². The van der Waals surface area contributed by atoms with Crippen LogP contribution < -0.4 is 5.32 Å². The van der Waals surface area contributed by atoms with Gasteiger partial charge in [0.05, 0.1) is 11.4 Å². The van der Waals surface area contributed by atoms with Crippen molar-refractivity contribution in [3.05, 3.63) is 35.5 Å². The van der Waals surface area contributed by atoms with Gasteiger partial charge in [-0.3, -0.25) is 14.5 Å². The number of rotatable bonds is 6. The Labute approximate surface area is 154 Å². The highest BCUT2D eigenvalue weighted by Crippen LogP contribution is 2.23. The van der Waals surface area contributed by atoms with Gasteiger partial charge in [-0.1, -0.05) is 0 Å². The molecule has 1 aliphatic rings. The van der Waals surface area contributed by atoms with Crippen LogP contribution in [0.5, 0.6) is 0 Å². The molecule has 1 N–H and O–H groups in total. The van der Waals surface area contributed by atoms with Crippen molar-refractivity contribution in [2.75, 3.05) is 25.5 Å². The Kier molecular flexibility index (Phi) is 5.85. The molecule has 0 radical (unpaired) electrons. The van der Waals surface area contributed by atoms with Crippen LogP contribution in [0.3, 0.4) is 0 Å². The van der Waals surface area contributed by atoms with Gasteiger partial charge in [0.2, 0.25) is 5.91 Å². The van der Waals surface area contributed by atoms with Crippen molar-refractivity contribution in [1.82, 2.24) is 24.6 Å². The molecule has 3 rings (SSSR count). The summed E-state index contributed by atoms with van der Waals surface area (Å²) in [6.45, 7) is 3.67. The van der Waals surface area contributed by atoms with Gasteiger partial charge in [-0.2, -0.15) is 5.10 Å². The summed E-state index contributed by atoms with van der Waals surface area (Å²) < 4.78 is 1.81. The highest BCUT2D eigenvalue weighted by molar-refractivity contribution is 5.76. The summed E-state index contributed by atoms with van der Waals surface area (Å²) in [6.07, 6.45) is 9.79. The van der Waals surface area contributed by atoms with Gasteiger partial charge in [0, 0.05) is 52.2 Å². The summed E-state index contributed by atoms with van der Waals surface area (Å²) in [4.78, 5) is 23.5. The third-order valence-electron chi connectivity index (χ3n) is 5.09. The number of anilines is 1. The molecule has 2 aromatic rings. The molecule has 1 amide bonds. The molecule has 7 heteroatoms. The summed E-state index contributed by atoms with van der Waals surface area (Å²) >= 11 is 0. The first-order chi connectivity index (χ1) is 12.6. The molecule has 1 unspecified atom stereocenters. The lowest BCUT2D eigenvalue weighted by atomic mass is 9.93. The molecule has 1 atom stereocenters. The summed E-state index contributed by atoms with van der Waals surface area (Å²) in [5.74, 6) is 1.52. The Morgan fingerprint density at radius 3 is 2.88 bits per heavy atom. The number of likely N-dealkylation sites (tertiary alicyclic amines) is 1. The van der Waals surface area contributed by atoms with E-state index in [0.29, 0.717) is 12.3 Å². The van der Waals surface area contributed by atoms with Gasteiger partial charge < -0.3 is 10.2 Å². The molecular weight excluding hydrogens is 328 g/mol. The predicted octanol–water partition coefficient (Wildman–Crippen LogP) is 1.97. The topological polar surface area (TPSA) is 75.9 Å². The molecule has 1 aliphatic heterocycles. The first-order valence-electron chi connectivity index (χ1n) is 9.31. The predicted molar refractivity (Wildman–Crippen MR) is 101 cm³/mol. The lowest BCUT2D eigenvalue weighted by molar-refractivity contribution is -0.133. The molecule has 0 bridgehead atoms. The summed E-state index contributed by atoms with van der Waals surface area (Å²) in [7, 11) is 3.78. The van der Waals surface area contributed by atoms with Crippen molar-refractivity contribution < 1.29 is 4.79 Å². The second kappa shape index (κ2) is 8.29. The number of hydrogen-bond donors (Lipinski definition) is 1. The van der Waals surface area contributed by atoms with Gasteiger partial charge in [0.15, 0.2) is 0 Å². The summed E-state index contributed by atoms with van der Waals surface area (Å²) in [5.41, 5.74) is 3.16. The van der Waals surface area contributed by atoms with Crippen LogP contribution in [-0.2, 0) is 24.7 Å². The number of carbonyl (C=O) groups excluding carboxylic acids is 1. The van der Waals surface area contributed by atoms with E-state index in [1.807, 2.05) is 36.8 Å². The molecule has 0 saturated carbocycles. The minimum Gasteiger partial charge on any atom is -0.372 e. The Bertz CT molecular complexity index is 756. The van der Waals surface area contributed by atoms with E-state index in [1.165, 1.54) is 0 Å². The van der Waals surface area contributed by atoms with E-state index in [0.717, 1.165) is 61.5 Å². The van der Waals surface area contributed by atoms with Gasteiger partial charge in [-0.05, 0) is 44.1 Å². The van der Waals surface area contributed by atoms with Crippen molar-refractivity contribution in [3.63, 3.8) is 0 Å². The lowest BCUT2D eigenvalue weighted by Gasteiger charge is -2.33. The highest BCUT2D eigenvalue weighted by Gasteiger charge is 2.25. The third kappa shape index (κ3) is 4.39. The molecule has 140 valence electrons. The third-order valence-corrected chi connectivity index (χ3v) is 5.09. The standard InChI is InChI=1S/C19H28N6O/c1-14-16(13-24(3)23-14)6-7-18(26)25-10-4-5-15(12-25)11-17-19(20-2)22-9-8-21-17/h8-9,13,15H,4-7,10-12H2,1-3H3,(H,20,22). The van der Waals surface area contributed by atoms with Crippen LogP contribution in [0, 0.1) is 12.8 Å². The Morgan fingerprint density at radius 1 is 1.35 bits per heavy atom. The molecule has 3 heterocycles. The summed E-state index contributed by atoms with van der Waals surface area (Å²) in [6, 6.07) is 0. The molecule has 26 heavy (non-hydrogen) atoms. The van der Waals surface area contributed by atoms with Crippen LogP contribution in [0.1, 0.15) is 36.2 Å². The van der Waals surface area contributed by atoms with E-state index in [9.17, 15) is 4.79 Å². The Morgan fingerprint density at radius 2 is 2.15 bits per heavy atom. The molecule has 0 aromatic carbocycles. The van der Waals surface area contributed by atoms with Gasteiger partial charge in [-0.15, -0.1) is 0 Å². The zero-order valence-corrected chi connectivity index (χ0v) is 15.9. The highest BCUT2D eigenvalue weighted by atomic mass is 16.2.